The van der Waals surface area contributed by atoms with Crippen LogP contribution >= 0.6 is 0 Å². The van der Waals surface area contributed by atoms with Gasteiger partial charge in [-0.2, -0.15) is 5.10 Å². The van der Waals surface area contributed by atoms with E-state index in [9.17, 15) is 5.11 Å². The summed E-state index contributed by atoms with van der Waals surface area (Å²) in [6.07, 6.45) is 6.78. The molecular formula is C15H27N3O. The molecule has 2 rings (SSSR count). The zero-order chi connectivity index (χ0) is 14.0. The molecule has 0 radical (unpaired) electrons. The van der Waals surface area contributed by atoms with Crippen LogP contribution in [0.2, 0.25) is 0 Å². The minimum atomic E-state index is -0.474. The highest BCUT2D eigenvalue weighted by atomic mass is 16.3. The number of hydrogen-bond acceptors (Lipinski definition) is 3. The van der Waals surface area contributed by atoms with E-state index in [1.807, 2.05) is 13.2 Å². The molecule has 1 heterocycles. The Labute approximate surface area is 116 Å². The van der Waals surface area contributed by atoms with Crippen molar-refractivity contribution in [2.45, 2.75) is 52.1 Å². The molecule has 19 heavy (non-hydrogen) atoms. The van der Waals surface area contributed by atoms with Gasteiger partial charge in [-0.05, 0) is 31.6 Å². The first-order valence-corrected chi connectivity index (χ1v) is 7.46. The number of aromatic nitrogens is 2. The van der Waals surface area contributed by atoms with Crippen LogP contribution in [0.5, 0.6) is 0 Å². The van der Waals surface area contributed by atoms with Crippen molar-refractivity contribution >= 4 is 0 Å². The molecule has 4 nitrogen and oxygen atoms in total. The first kappa shape index (κ1) is 14.5. The van der Waals surface area contributed by atoms with Gasteiger partial charge < -0.3 is 10.8 Å². The fourth-order valence-electron chi connectivity index (χ4n) is 3.55. The number of aryl methyl sites for hydroxylation is 2. The monoisotopic (exact) mass is 265 g/mol. The van der Waals surface area contributed by atoms with Crippen LogP contribution < -0.4 is 5.73 Å². The van der Waals surface area contributed by atoms with Crippen molar-refractivity contribution < 1.29 is 5.11 Å². The lowest BCUT2D eigenvalue weighted by molar-refractivity contribution is 0.0295. The van der Waals surface area contributed by atoms with Crippen molar-refractivity contribution in [2.75, 3.05) is 6.54 Å². The molecule has 1 aliphatic carbocycles. The van der Waals surface area contributed by atoms with Gasteiger partial charge >= 0.3 is 0 Å². The van der Waals surface area contributed by atoms with Gasteiger partial charge in [-0.15, -0.1) is 0 Å². The van der Waals surface area contributed by atoms with Crippen LogP contribution in [0.25, 0.3) is 0 Å². The average molecular weight is 265 g/mol. The summed E-state index contributed by atoms with van der Waals surface area (Å²) in [5, 5.41) is 15.3. The largest absolute Gasteiger partial charge is 0.388 e. The van der Waals surface area contributed by atoms with E-state index in [0.29, 0.717) is 12.5 Å². The molecule has 0 amide bonds. The second-order valence-corrected chi connectivity index (χ2v) is 6.04. The van der Waals surface area contributed by atoms with Crippen molar-refractivity contribution in [1.82, 2.24) is 9.78 Å². The van der Waals surface area contributed by atoms with Crippen molar-refractivity contribution in [1.29, 1.82) is 0 Å². The highest BCUT2D eigenvalue weighted by Crippen LogP contribution is 2.50. The quantitative estimate of drug-likeness (QED) is 0.857. The Morgan fingerprint density at radius 3 is 2.84 bits per heavy atom. The SMILES string of the molecule is CCc1nn(C)cc1C(O)C1(CN)CCC(CC)C1. The zero-order valence-corrected chi connectivity index (χ0v) is 12.4. The summed E-state index contributed by atoms with van der Waals surface area (Å²) in [6.45, 7) is 4.87. The third-order valence-corrected chi connectivity index (χ3v) is 4.88. The van der Waals surface area contributed by atoms with Crippen molar-refractivity contribution in [3.8, 4) is 0 Å². The van der Waals surface area contributed by atoms with Gasteiger partial charge in [0.15, 0.2) is 0 Å². The normalized spacial score (nSPS) is 28.8. The average Bonchev–Trinajstić information content (AvgIpc) is 3.01. The summed E-state index contributed by atoms with van der Waals surface area (Å²) in [5.41, 5.74) is 7.87. The van der Waals surface area contributed by atoms with E-state index in [1.54, 1.807) is 4.68 Å². The third kappa shape index (κ3) is 2.56. The van der Waals surface area contributed by atoms with Crippen LogP contribution in [0.1, 0.15) is 56.9 Å². The topological polar surface area (TPSA) is 64.1 Å². The summed E-state index contributed by atoms with van der Waals surface area (Å²) < 4.78 is 1.80. The van der Waals surface area contributed by atoms with Gasteiger partial charge in [-0.1, -0.05) is 20.3 Å². The molecular weight excluding hydrogens is 238 g/mol. The molecule has 4 heteroatoms. The van der Waals surface area contributed by atoms with E-state index in [1.165, 1.54) is 12.8 Å². The molecule has 1 aromatic rings. The minimum absolute atomic E-state index is 0.145. The van der Waals surface area contributed by atoms with Gasteiger partial charge in [0, 0.05) is 30.8 Å². The number of aliphatic hydroxyl groups is 1. The minimum Gasteiger partial charge on any atom is -0.388 e. The van der Waals surface area contributed by atoms with E-state index in [0.717, 1.165) is 30.5 Å². The van der Waals surface area contributed by atoms with Crippen LogP contribution in [0.15, 0.2) is 6.20 Å². The summed E-state index contributed by atoms with van der Waals surface area (Å²) in [4.78, 5) is 0. The van der Waals surface area contributed by atoms with E-state index in [2.05, 4.69) is 18.9 Å². The first-order chi connectivity index (χ1) is 9.06. The fourth-order valence-corrected chi connectivity index (χ4v) is 3.55. The summed E-state index contributed by atoms with van der Waals surface area (Å²) in [5.74, 6) is 0.708. The molecule has 3 atom stereocenters. The lowest BCUT2D eigenvalue weighted by Gasteiger charge is -2.33. The smallest absolute Gasteiger partial charge is 0.0891 e. The Morgan fingerprint density at radius 2 is 2.32 bits per heavy atom. The van der Waals surface area contributed by atoms with Gasteiger partial charge in [-0.3, -0.25) is 4.68 Å². The maximum Gasteiger partial charge on any atom is 0.0891 e. The molecule has 3 N–H and O–H groups in total. The standard InChI is InChI=1S/C15H27N3O/c1-4-11-6-7-15(8-11,10-16)14(19)12-9-18(3)17-13(12)5-2/h9,11,14,19H,4-8,10,16H2,1-3H3. The number of rotatable bonds is 5. The van der Waals surface area contributed by atoms with Gasteiger partial charge in [0.05, 0.1) is 11.8 Å². The highest BCUT2D eigenvalue weighted by Gasteiger charge is 2.44. The molecule has 1 saturated carbocycles. The van der Waals surface area contributed by atoms with Gasteiger partial charge in [0.1, 0.15) is 0 Å². The number of nitrogens with zero attached hydrogens (tertiary/aromatic N) is 2. The predicted octanol–water partition coefficient (Wildman–Crippen LogP) is 2.17. The molecule has 0 bridgehead atoms. The molecule has 1 aliphatic rings. The van der Waals surface area contributed by atoms with E-state index >= 15 is 0 Å². The Kier molecular flexibility index (Phi) is 4.31. The maximum atomic E-state index is 10.9. The number of aliphatic hydroxyl groups excluding tert-OH is 1. The maximum absolute atomic E-state index is 10.9. The van der Waals surface area contributed by atoms with Crippen molar-refractivity contribution in [3.05, 3.63) is 17.5 Å². The Morgan fingerprint density at radius 1 is 1.58 bits per heavy atom. The molecule has 3 unspecified atom stereocenters. The molecule has 0 aromatic carbocycles. The molecule has 1 aromatic heterocycles. The lowest BCUT2D eigenvalue weighted by atomic mass is 9.76. The van der Waals surface area contributed by atoms with Crippen LogP contribution in [0.3, 0.4) is 0 Å². The molecule has 0 saturated heterocycles. The fraction of sp³-hybridized carbons (Fsp3) is 0.800. The lowest BCUT2D eigenvalue weighted by Crippen LogP contribution is -2.35. The van der Waals surface area contributed by atoms with Gasteiger partial charge in [0.2, 0.25) is 0 Å². The zero-order valence-electron chi connectivity index (χ0n) is 12.4. The van der Waals surface area contributed by atoms with Gasteiger partial charge in [0.25, 0.3) is 0 Å². The van der Waals surface area contributed by atoms with Crippen LogP contribution in [0, 0.1) is 11.3 Å². The predicted molar refractivity (Wildman–Crippen MR) is 76.7 cm³/mol. The summed E-state index contributed by atoms with van der Waals surface area (Å²) in [7, 11) is 1.91. The highest BCUT2D eigenvalue weighted by molar-refractivity contribution is 5.23. The van der Waals surface area contributed by atoms with E-state index in [4.69, 9.17) is 5.73 Å². The van der Waals surface area contributed by atoms with E-state index < -0.39 is 6.10 Å². The second kappa shape index (κ2) is 5.63. The van der Waals surface area contributed by atoms with E-state index in [-0.39, 0.29) is 5.41 Å². The molecule has 1 fully saturated rings. The van der Waals surface area contributed by atoms with Crippen molar-refractivity contribution in [2.24, 2.45) is 24.1 Å². The number of hydrogen-bond donors (Lipinski definition) is 2. The molecule has 0 aliphatic heterocycles. The van der Waals surface area contributed by atoms with Crippen LogP contribution in [-0.2, 0) is 13.5 Å². The Balaban J connectivity index is 2.28. The summed E-state index contributed by atoms with van der Waals surface area (Å²) >= 11 is 0. The van der Waals surface area contributed by atoms with Gasteiger partial charge in [-0.25, -0.2) is 0 Å². The van der Waals surface area contributed by atoms with Crippen molar-refractivity contribution in [3.63, 3.8) is 0 Å². The summed E-state index contributed by atoms with van der Waals surface area (Å²) in [6, 6.07) is 0. The molecule has 108 valence electrons. The second-order valence-electron chi connectivity index (χ2n) is 6.04. The van der Waals surface area contributed by atoms with Crippen LogP contribution in [0.4, 0.5) is 0 Å². The first-order valence-electron chi connectivity index (χ1n) is 7.46. The number of nitrogens with two attached hydrogens (primary N) is 1. The Bertz CT molecular complexity index is 429. The van der Waals surface area contributed by atoms with Crippen LogP contribution in [-0.4, -0.2) is 21.4 Å². The third-order valence-electron chi connectivity index (χ3n) is 4.88. The molecule has 0 spiro atoms. The Hall–Kier alpha value is -0.870.